The third-order valence-corrected chi connectivity index (χ3v) is 2.65. The van der Waals surface area contributed by atoms with Crippen molar-refractivity contribution in [3.05, 3.63) is 5.32 Å². The summed E-state index contributed by atoms with van der Waals surface area (Å²) >= 11 is 1.60. The van der Waals surface area contributed by atoms with Crippen molar-refractivity contribution in [2.45, 2.75) is 26.7 Å². The van der Waals surface area contributed by atoms with Crippen LogP contribution in [0.4, 0.5) is 0 Å². The summed E-state index contributed by atoms with van der Waals surface area (Å²) in [6.07, 6.45) is 2.42. The second kappa shape index (κ2) is 12.7. The van der Waals surface area contributed by atoms with Gasteiger partial charge in [-0.2, -0.15) is 0 Å². The van der Waals surface area contributed by atoms with E-state index in [1.54, 1.807) is 23.3 Å². The topological polar surface area (TPSA) is 17.3 Å². The summed E-state index contributed by atoms with van der Waals surface area (Å²) < 4.78 is 1.56. The summed E-state index contributed by atoms with van der Waals surface area (Å²) in [5.41, 5.74) is 0. The van der Waals surface area contributed by atoms with Gasteiger partial charge < -0.3 is 0 Å². The van der Waals surface area contributed by atoms with Crippen LogP contribution in [0.5, 0.6) is 0 Å². The van der Waals surface area contributed by atoms with E-state index in [2.05, 4.69) is 31.1 Å². The van der Waals surface area contributed by atoms with Crippen LogP contribution in [0.15, 0.2) is 0 Å². The normalized spacial score (nSPS) is 10.0. The Balaban J connectivity index is 0. The monoisotopic (exact) mass is 442 g/mol. The molecule has 0 fully saturated rings. The Morgan fingerprint density at radius 1 is 1.29 bits per heavy atom. The van der Waals surface area contributed by atoms with E-state index in [4.69, 9.17) is 0 Å². The van der Waals surface area contributed by atoms with Crippen LogP contribution >= 0.6 is 0 Å². The fourth-order valence-corrected chi connectivity index (χ4v) is 2.29. The van der Waals surface area contributed by atoms with Gasteiger partial charge in [-0.3, -0.25) is 0 Å². The van der Waals surface area contributed by atoms with E-state index in [0.29, 0.717) is 0 Å². The van der Waals surface area contributed by atoms with Gasteiger partial charge in [0.05, 0.1) is 0 Å². The predicted molar refractivity (Wildman–Crippen MR) is 56.2 cm³/mol. The molecule has 1 radical (unpaired) electrons. The fourth-order valence-electron chi connectivity index (χ4n) is 1.17. The second-order valence-corrected chi connectivity index (χ2v) is 5.46. The van der Waals surface area contributed by atoms with Crippen LogP contribution < -0.4 is 0 Å². The molecule has 0 rings (SSSR count). The van der Waals surface area contributed by atoms with Gasteiger partial charge in [-0.15, -0.1) is 0 Å². The minimum atomic E-state index is 0. The largest absolute Gasteiger partial charge is 0 e. The molecule has 4 heteroatoms. The maximum absolute atomic E-state index is 4.46. The quantitative estimate of drug-likeness (QED) is 0.525. The minimum absolute atomic E-state index is 0. The molecule has 0 aliphatic rings. The van der Waals surface area contributed by atoms with E-state index < -0.39 is 0 Å². The van der Waals surface area contributed by atoms with E-state index in [-0.39, 0.29) is 32.7 Å². The van der Waals surface area contributed by atoms with Gasteiger partial charge in [-0.25, -0.2) is 0 Å². The first-order valence-corrected chi connectivity index (χ1v) is 6.50. The number of rotatable bonds is 8. The summed E-state index contributed by atoms with van der Waals surface area (Å²) in [5, 5.41) is 4.46. The number of hydrogen-bond donors (Lipinski definition) is 0. The molecular weight excluding hydrogens is 421 g/mol. The summed E-state index contributed by atoms with van der Waals surface area (Å²) in [5.74, 6) is 0. The van der Waals surface area contributed by atoms with Gasteiger partial charge in [0.25, 0.3) is 0 Å². The third-order valence-electron chi connectivity index (χ3n) is 1.72. The zero-order valence-corrected chi connectivity index (χ0v) is 15.4. The molecule has 0 aliphatic heterocycles. The molecule has 0 heterocycles. The zero-order chi connectivity index (χ0) is 10.1. The summed E-state index contributed by atoms with van der Waals surface area (Å²) in [6.45, 7) is 8.74. The zero-order valence-electron chi connectivity index (χ0n) is 9.62. The van der Waals surface area contributed by atoms with E-state index >= 15 is 0 Å². The first-order chi connectivity index (χ1) is 6.20. The van der Waals surface area contributed by atoms with Gasteiger partial charge in [-0.1, -0.05) is 0 Å². The summed E-state index contributed by atoms with van der Waals surface area (Å²) in [6, 6.07) is 0. The molecule has 0 aromatic heterocycles. The molecule has 0 bridgehead atoms. The molecule has 0 saturated carbocycles. The minimum Gasteiger partial charge on any atom is 0 e. The van der Waals surface area contributed by atoms with Crippen molar-refractivity contribution in [1.29, 1.82) is 0 Å². The van der Waals surface area contributed by atoms with Crippen molar-refractivity contribution in [3.63, 3.8) is 0 Å². The van der Waals surface area contributed by atoms with Gasteiger partial charge in [0, 0.05) is 32.7 Å². The molecule has 81 valence electrons. The van der Waals surface area contributed by atoms with Gasteiger partial charge in [0.15, 0.2) is 0 Å². The van der Waals surface area contributed by atoms with Gasteiger partial charge in [0.2, 0.25) is 0 Å². The molecule has 0 saturated heterocycles. The first kappa shape index (κ1) is 18.0. The van der Waals surface area contributed by atoms with E-state index in [1.165, 1.54) is 19.4 Å². The predicted octanol–water partition coefficient (Wildman–Crippen LogP) is 1.83. The molecule has 0 aromatic rings. The Morgan fingerprint density at radius 3 is 2.43 bits per heavy atom. The SMILES string of the molecule is CCC[N-]C[C](=[W])CN(C)CCC.[Y]. The first-order valence-electron chi connectivity index (χ1n) is 5.04. The van der Waals surface area contributed by atoms with E-state index in [9.17, 15) is 0 Å². The smallest absolute Gasteiger partial charge is 0 e. The average molecular weight is 442 g/mol. The third kappa shape index (κ3) is 11.7. The van der Waals surface area contributed by atoms with Crippen molar-refractivity contribution < 1.29 is 52.1 Å². The second-order valence-electron chi connectivity index (χ2n) is 3.38. The Kier molecular flexibility index (Phi) is 16.2. The van der Waals surface area contributed by atoms with Crippen LogP contribution in [-0.4, -0.2) is 42.0 Å². The van der Waals surface area contributed by atoms with Gasteiger partial charge in [0.1, 0.15) is 0 Å². The van der Waals surface area contributed by atoms with E-state index in [1.807, 2.05) is 0 Å². The van der Waals surface area contributed by atoms with Crippen LogP contribution in [0.1, 0.15) is 26.7 Å². The van der Waals surface area contributed by atoms with Crippen LogP contribution in [0.25, 0.3) is 5.32 Å². The van der Waals surface area contributed by atoms with Crippen LogP contribution in [0.3, 0.4) is 0 Å². The van der Waals surface area contributed by atoms with Crippen LogP contribution in [0, 0.1) is 0 Å². The van der Waals surface area contributed by atoms with E-state index in [0.717, 1.165) is 19.6 Å². The summed E-state index contributed by atoms with van der Waals surface area (Å²) in [4.78, 5) is 2.38. The van der Waals surface area contributed by atoms with Crippen molar-refractivity contribution in [2.24, 2.45) is 0 Å². The standard InChI is InChI=1S/C10H21N2.W.Y/c1-4-7-11-8-6-10-12(3)9-5-2;;/h4-5,7-10H2,1-3H3;;/q-1;;. The summed E-state index contributed by atoms with van der Waals surface area (Å²) in [7, 11) is 2.19. The molecule has 2 nitrogen and oxygen atoms in total. The maximum Gasteiger partial charge on any atom is 0 e. The van der Waals surface area contributed by atoms with Crippen molar-refractivity contribution in [1.82, 2.24) is 4.90 Å². The van der Waals surface area contributed by atoms with Crippen LogP contribution in [0.2, 0.25) is 0 Å². The Labute approximate surface area is 125 Å². The molecule has 0 amide bonds. The molecule has 14 heavy (non-hydrogen) atoms. The van der Waals surface area contributed by atoms with Crippen molar-refractivity contribution in [2.75, 3.05) is 33.2 Å². The Morgan fingerprint density at radius 2 is 1.93 bits per heavy atom. The average Bonchev–Trinajstić information content (AvgIpc) is 2.05. The molecule has 0 spiro atoms. The molecule has 0 atom stereocenters. The van der Waals surface area contributed by atoms with Crippen LogP contribution in [-0.2, 0) is 52.1 Å². The molecule has 0 unspecified atom stereocenters. The molecular formula is C10H21N2WY-. The van der Waals surface area contributed by atoms with Crippen molar-refractivity contribution >= 4 is 3.90 Å². The number of hydrogen-bond acceptors (Lipinski definition) is 1. The van der Waals surface area contributed by atoms with Gasteiger partial charge in [-0.05, 0) is 0 Å². The van der Waals surface area contributed by atoms with Gasteiger partial charge >= 0.3 is 93.4 Å². The number of nitrogens with zero attached hydrogens (tertiary/aromatic N) is 2. The maximum atomic E-state index is 4.46. The molecule has 0 N–H and O–H groups in total. The fraction of sp³-hybridized carbons (Fsp3) is 0.900. The Bertz CT molecular complexity index is 142. The van der Waals surface area contributed by atoms with Crippen molar-refractivity contribution in [3.8, 4) is 0 Å². The Hall–Kier alpha value is 1.58. The molecule has 0 aromatic carbocycles. The molecule has 0 aliphatic carbocycles.